The van der Waals surface area contributed by atoms with E-state index in [4.69, 9.17) is 15.3 Å². The molecule has 15 heavy (non-hydrogen) atoms. The second kappa shape index (κ2) is 5.70. The van der Waals surface area contributed by atoms with Crippen molar-refractivity contribution in [3.05, 3.63) is 0 Å². The molecule has 0 aromatic carbocycles. The Hall–Kier alpha value is -1.10. The summed E-state index contributed by atoms with van der Waals surface area (Å²) in [6.45, 7) is 2.89. The highest BCUT2D eigenvalue weighted by Crippen LogP contribution is 2.17. The van der Waals surface area contributed by atoms with Gasteiger partial charge in [0.1, 0.15) is 6.42 Å². The average molecular weight is 214 g/mol. The van der Waals surface area contributed by atoms with Crippen LogP contribution in [-0.4, -0.2) is 47.6 Å². The number of hydrogen-bond donors (Lipinski definition) is 2. The van der Waals surface area contributed by atoms with Crippen molar-refractivity contribution in [2.45, 2.75) is 32.2 Å². The molecule has 1 amide bonds. The molecule has 5 heteroatoms. The summed E-state index contributed by atoms with van der Waals surface area (Å²) >= 11 is 0. The maximum absolute atomic E-state index is 11.7. The molecule has 0 unspecified atom stereocenters. The smallest absolute Gasteiger partial charge is 0.232 e. The molecule has 0 radical (unpaired) electrons. The zero-order valence-electron chi connectivity index (χ0n) is 9.03. The van der Waals surface area contributed by atoms with Crippen LogP contribution < -0.4 is 0 Å². The van der Waals surface area contributed by atoms with E-state index in [1.807, 2.05) is 0 Å². The summed E-state index contributed by atoms with van der Waals surface area (Å²) in [7, 11) is 0. The Morgan fingerprint density at radius 2 is 2.40 bits per heavy atom. The van der Waals surface area contributed by atoms with Crippen LogP contribution in [0, 0.1) is 5.41 Å². The highest BCUT2D eigenvalue weighted by Gasteiger charge is 2.28. The molecule has 0 aromatic heterocycles. The summed E-state index contributed by atoms with van der Waals surface area (Å²) in [4.78, 5) is 13.3. The van der Waals surface area contributed by atoms with Gasteiger partial charge in [0.25, 0.3) is 0 Å². The number of aliphatic hydroxyl groups excluding tert-OH is 1. The first-order valence-electron chi connectivity index (χ1n) is 5.29. The van der Waals surface area contributed by atoms with Crippen LogP contribution in [0.25, 0.3) is 0 Å². The number of carbonyl (C=O) groups is 1. The fourth-order valence-electron chi connectivity index (χ4n) is 1.82. The van der Waals surface area contributed by atoms with E-state index in [-0.39, 0.29) is 30.9 Å². The van der Waals surface area contributed by atoms with Gasteiger partial charge in [-0.2, -0.15) is 0 Å². The highest BCUT2D eigenvalue weighted by molar-refractivity contribution is 5.95. The fourth-order valence-corrected chi connectivity index (χ4v) is 1.82. The largest absolute Gasteiger partial charge is 0.481 e. The highest BCUT2D eigenvalue weighted by atomic mass is 16.5. The van der Waals surface area contributed by atoms with Crippen molar-refractivity contribution in [3.63, 3.8) is 0 Å². The van der Waals surface area contributed by atoms with E-state index in [9.17, 15) is 4.79 Å². The Morgan fingerprint density at radius 3 is 3.00 bits per heavy atom. The number of carbonyl (C=O) groups excluding carboxylic acids is 1. The summed E-state index contributed by atoms with van der Waals surface area (Å²) in [5.74, 6) is -0.115. The van der Waals surface area contributed by atoms with Gasteiger partial charge in [-0.3, -0.25) is 10.2 Å². The number of ether oxygens (including phenoxy) is 1. The van der Waals surface area contributed by atoms with Gasteiger partial charge < -0.3 is 14.7 Å². The third-order valence-electron chi connectivity index (χ3n) is 2.54. The molecule has 0 aliphatic carbocycles. The SMILES string of the molecule is CCOC(=N)CC(=O)N1CCC[C@H]1CO. The predicted molar refractivity (Wildman–Crippen MR) is 55.8 cm³/mol. The Morgan fingerprint density at radius 1 is 1.67 bits per heavy atom. The number of nitrogens with one attached hydrogen (secondary N) is 1. The van der Waals surface area contributed by atoms with Crippen LogP contribution in [0.2, 0.25) is 0 Å². The van der Waals surface area contributed by atoms with E-state index in [1.165, 1.54) is 0 Å². The molecule has 0 aromatic rings. The van der Waals surface area contributed by atoms with Crippen LogP contribution in [0.4, 0.5) is 0 Å². The van der Waals surface area contributed by atoms with E-state index in [2.05, 4.69) is 0 Å². The van der Waals surface area contributed by atoms with Gasteiger partial charge in [0.15, 0.2) is 5.90 Å². The van der Waals surface area contributed by atoms with Crippen LogP contribution in [0.15, 0.2) is 0 Å². The standard InChI is InChI=1S/C10H18N2O3/c1-2-15-9(11)6-10(14)12-5-3-4-8(12)7-13/h8,11,13H,2-7H2,1H3/t8-/m0/s1. The van der Waals surface area contributed by atoms with Crippen LogP contribution in [0.3, 0.4) is 0 Å². The van der Waals surface area contributed by atoms with Gasteiger partial charge in [-0.25, -0.2) is 0 Å². The lowest BCUT2D eigenvalue weighted by Crippen LogP contribution is -2.38. The first-order valence-corrected chi connectivity index (χ1v) is 5.29. The first kappa shape index (κ1) is 12.0. The van der Waals surface area contributed by atoms with Crippen molar-refractivity contribution in [2.75, 3.05) is 19.8 Å². The second-order valence-electron chi connectivity index (χ2n) is 3.60. The van der Waals surface area contributed by atoms with Gasteiger partial charge >= 0.3 is 0 Å². The molecule has 5 nitrogen and oxygen atoms in total. The lowest BCUT2D eigenvalue weighted by molar-refractivity contribution is -0.131. The third-order valence-corrected chi connectivity index (χ3v) is 2.54. The topological polar surface area (TPSA) is 73.6 Å². The second-order valence-corrected chi connectivity index (χ2v) is 3.60. The van der Waals surface area contributed by atoms with Crippen molar-refractivity contribution in [2.24, 2.45) is 0 Å². The minimum atomic E-state index is -0.120. The number of likely N-dealkylation sites (tertiary alicyclic amines) is 1. The summed E-state index contributed by atoms with van der Waals surface area (Å²) < 4.78 is 4.91. The molecule has 1 fully saturated rings. The molecule has 1 saturated heterocycles. The van der Waals surface area contributed by atoms with Gasteiger partial charge in [-0.15, -0.1) is 0 Å². The van der Waals surface area contributed by atoms with Crippen LogP contribution in [-0.2, 0) is 9.53 Å². The molecule has 1 rings (SSSR count). The molecule has 0 spiro atoms. The Bertz CT molecular complexity index is 243. The van der Waals surface area contributed by atoms with Gasteiger partial charge in [-0.05, 0) is 19.8 Å². The van der Waals surface area contributed by atoms with Crippen LogP contribution in [0.1, 0.15) is 26.2 Å². The molecule has 0 bridgehead atoms. The number of nitrogens with zero attached hydrogens (tertiary/aromatic N) is 1. The first-order chi connectivity index (χ1) is 7.19. The minimum Gasteiger partial charge on any atom is -0.481 e. The van der Waals surface area contributed by atoms with Crippen LogP contribution in [0.5, 0.6) is 0 Å². The summed E-state index contributed by atoms with van der Waals surface area (Å²) in [5.41, 5.74) is 0. The monoisotopic (exact) mass is 214 g/mol. The molecule has 0 saturated carbocycles. The Balaban J connectivity index is 2.42. The van der Waals surface area contributed by atoms with Crippen molar-refractivity contribution in [3.8, 4) is 0 Å². The predicted octanol–water partition coefficient (Wildman–Crippen LogP) is 0.374. The lowest BCUT2D eigenvalue weighted by Gasteiger charge is -2.22. The number of hydrogen-bond acceptors (Lipinski definition) is 4. The van der Waals surface area contributed by atoms with Gasteiger partial charge in [0.2, 0.25) is 5.91 Å². The van der Waals surface area contributed by atoms with E-state index < -0.39 is 0 Å². The Labute approximate surface area is 89.5 Å². The number of rotatable bonds is 4. The zero-order valence-corrected chi connectivity index (χ0v) is 9.03. The van der Waals surface area contributed by atoms with E-state index >= 15 is 0 Å². The van der Waals surface area contributed by atoms with Crippen molar-refractivity contribution in [1.82, 2.24) is 4.90 Å². The zero-order chi connectivity index (χ0) is 11.3. The lowest BCUT2D eigenvalue weighted by atomic mass is 10.2. The van der Waals surface area contributed by atoms with Crippen molar-refractivity contribution < 1.29 is 14.6 Å². The molecular weight excluding hydrogens is 196 g/mol. The maximum atomic E-state index is 11.7. The summed E-state index contributed by atoms with van der Waals surface area (Å²) in [6, 6.07) is -0.0630. The number of aliphatic hydroxyl groups is 1. The van der Waals surface area contributed by atoms with E-state index in [1.54, 1.807) is 11.8 Å². The molecule has 1 atom stereocenters. The molecule has 86 valence electrons. The third kappa shape index (κ3) is 3.20. The fraction of sp³-hybridized carbons (Fsp3) is 0.800. The summed E-state index contributed by atoms with van der Waals surface area (Å²) in [6.07, 6.45) is 1.79. The summed E-state index contributed by atoms with van der Waals surface area (Å²) in [5, 5.41) is 16.4. The molecule has 1 aliphatic heterocycles. The van der Waals surface area contributed by atoms with E-state index in [0.717, 1.165) is 12.8 Å². The van der Waals surface area contributed by atoms with Crippen molar-refractivity contribution in [1.29, 1.82) is 5.41 Å². The molecular formula is C10H18N2O3. The van der Waals surface area contributed by atoms with Gasteiger partial charge in [-0.1, -0.05) is 0 Å². The average Bonchev–Trinajstić information content (AvgIpc) is 2.65. The number of amides is 1. The molecule has 1 heterocycles. The van der Waals surface area contributed by atoms with E-state index in [0.29, 0.717) is 13.2 Å². The van der Waals surface area contributed by atoms with Crippen molar-refractivity contribution >= 4 is 11.8 Å². The normalized spacial score (nSPS) is 20.4. The Kier molecular flexibility index (Phi) is 4.55. The van der Waals surface area contributed by atoms with Crippen LogP contribution >= 0.6 is 0 Å². The molecule has 2 N–H and O–H groups in total. The van der Waals surface area contributed by atoms with Gasteiger partial charge in [0, 0.05) is 6.54 Å². The van der Waals surface area contributed by atoms with Gasteiger partial charge in [0.05, 0.1) is 19.3 Å². The minimum absolute atomic E-state index is 0.00431. The molecule has 1 aliphatic rings. The quantitative estimate of drug-likeness (QED) is 0.524. The maximum Gasteiger partial charge on any atom is 0.232 e.